The monoisotopic (exact) mass is 368 g/mol. The molecule has 1 saturated carbocycles. The Balaban J connectivity index is 1.73. The Hall–Kier alpha value is -1.41. The van der Waals surface area contributed by atoms with E-state index in [-0.39, 0.29) is 5.91 Å². The molecular weight excluding hydrogens is 340 g/mol. The van der Waals surface area contributed by atoms with Crippen LogP contribution in [0.4, 0.5) is 0 Å². The molecule has 0 aromatic carbocycles. The number of rotatable bonds is 6. The predicted molar refractivity (Wildman–Crippen MR) is 94.6 cm³/mol. The first-order valence-corrected chi connectivity index (χ1v) is 10.6. The van der Waals surface area contributed by atoms with Crippen LogP contribution in [0.2, 0.25) is 0 Å². The van der Waals surface area contributed by atoms with Gasteiger partial charge in [0.2, 0.25) is 15.9 Å². The fourth-order valence-electron chi connectivity index (χ4n) is 3.36. The second kappa shape index (κ2) is 7.07. The smallest absolute Gasteiger partial charge is 0.246 e. The minimum Gasteiger partial charge on any atom is -0.353 e. The summed E-state index contributed by atoms with van der Waals surface area (Å²) in [6.07, 6.45) is 4.23. The van der Waals surface area contributed by atoms with E-state index in [0.29, 0.717) is 54.3 Å². The molecule has 2 aliphatic rings. The first-order valence-electron chi connectivity index (χ1n) is 9.12. The van der Waals surface area contributed by atoms with Crippen LogP contribution in [-0.2, 0) is 21.4 Å². The number of amides is 1. The van der Waals surface area contributed by atoms with E-state index in [4.69, 9.17) is 0 Å². The van der Waals surface area contributed by atoms with Gasteiger partial charge in [-0.25, -0.2) is 8.42 Å². The van der Waals surface area contributed by atoms with E-state index in [1.54, 1.807) is 22.8 Å². The highest BCUT2D eigenvalue weighted by atomic mass is 32.2. The number of carbonyl (C=O) groups excluding carboxylic acids is 1. The van der Waals surface area contributed by atoms with Gasteiger partial charge in [-0.05, 0) is 45.4 Å². The number of sulfonamides is 1. The summed E-state index contributed by atoms with van der Waals surface area (Å²) >= 11 is 0. The van der Waals surface area contributed by atoms with Crippen LogP contribution in [0.15, 0.2) is 4.90 Å². The molecule has 25 heavy (non-hydrogen) atoms. The van der Waals surface area contributed by atoms with Crippen molar-refractivity contribution in [1.29, 1.82) is 0 Å². The molecular formula is C17H28N4O3S. The van der Waals surface area contributed by atoms with Crippen molar-refractivity contribution in [3.8, 4) is 0 Å². The van der Waals surface area contributed by atoms with E-state index in [1.807, 2.05) is 0 Å². The fraction of sp³-hybridized carbons (Fsp3) is 0.765. The van der Waals surface area contributed by atoms with Crippen molar-refractivity contribution in [3.05, 3.63) is 11.4 Å². The molecule has 3 rings (SSSR count). The molecule has 140 valence electrons. The highest BCUT2D eigenvalue weighted by Gasteiger charge is 2.33. The highest BCUT2D eigenvalue weighted by molar-refractivity contribution is 7.89. The summed E-state index contributed by atoms with van der Waals surface area (Å²) in [5, 5.41) is 7.33. The molecule has 0 radical (unpaired) electrons. The molecule has 1 aliphatic carbocycles. The third-order valence-electron chi connectivity index (χ3n) is 5.15. The van der Waals surface area contributed by atoms with E-state index in [0.717, 1.165) is 25.7 Å². The lowest BCUT2D eigenvalue weighted by atomic mass is 10.0. The van der Waals surface area contributed by atoms with Gasteiger partial charge in [-0.2, -0.15) is 9.40 Å². The van der Waals surface area contributed by atoms with E-state index in [2.05, 4.69) is 17.3 Å². The average molecular weight is 369 g/mol. The Morgan fingerprint density at radius 1 is 1.20 bits per heavy atom. The Morgan fingerprint density at radius 3 is 2.44 bits per heavy atom. The van der Waals surface area contributed by atoms with Crippen molar-refractivity contribution in [2.24, 2.45) is 5.92 Å². The van der Waals surface area contributed by atoms with Crippen LogP contribution in [-0.4, -0.2) is 47.5 Å². The molecule has 1 aromatic rings. The van der Waals surface area contributed by atoms with Gasteiger partial charge in [-0.1, -0.05) is 6.92 Å². The molecule has 7 nitrogen and oxygen atoms in total. The SMILES string of the molecule is Cc1nn(CCC(=O)NC2CC2)c(C)c1S(=O)(=O)N1CCC(C)CC1. The quantitative estimate of drug-likeness (QED) is 0.826. The molecule has 8 heteroatoms. The maximum atomic E-state index is 13.0. The van der Waals surface area contributed by atoms with Crippen LogP contribution in [0.25, 0.3) is 0 Å². The van der Waals surface area contributed by atoms with Crippen molar-refractivity contribution in [2.75, 3.05) is 13.1 Å². The van der Waals surface area contributed by atoms with Crippen LogP contribution in [0.5, 0.6) is 0 Å². The molecule has 1 aliphatic heterocycles. The number of aryl methyl sites for hydroxylation is 2. The zero-order chi connectivity index (χ0) is 18.2. The second-order valence-corrected chi connectivity index (χ2v) is 9.28. The van der Waals surface area contributed by atoms with Crippen LogP contribution in [0.1, 0.15) is 50.4 Å². The number of nitrogens with one attached hydrogen (secondary N) is 1. The number of nitrogens with zero attached hydrogens (tertiary/aromatic N) is 3. The molecule has 1 aromatic heterocycles. The van der Waals surface area contributed by atoms with E-state index >= 15 is 0 Å². The Morgan fingerprint density at radius 2 is 1.84 bits per heavy atom. The average Bonchev–Trinajstić information content (AvgIpc) is 3.30. The largest absolute Gasteiger partial charge is 0.353 e. The molecule has 1 saturated heterocycles. The van der Waals surface area contributed by atoms with Crippen LogP contribution < -0.4 is 5.32 Å². The van der Waals surface area contributed by atoms with Gasteiger partial charge >= 0.3 is 0 Å². The molecule has 2 fully saturated rings. The first-order chi connectivity index (χ1) is 11.8. The standard InChI is InChI=1S/C17H28N4O3S/c1-12-6-9-20(10-7-12)25(23,24)17-13(2)19-21(14(17)3)11-8-16(22)18-15-4-5-15/h12,15H,4-11H2,1-3H3,(H,18,22). The minimum absolute atomic E-state index is 0.00415. The van der Waals surface area contributed by atoms with Crippen molar-refractivity contribution in [2.45, 2.75) is 70.4 Å². The molecule has 0 unspecified atom stereocenters. The lowest BCUT2D eigenvalue weighted by Crippen LogP contribution is -2.38. The number of piperidine rings is 1. The molecule has 0 bridgehead atoms. The van der Waals surface area contributed by atoms with E-state index in [9.17, 15) is 13.2 Å². The maximum absolute atomic E-state index is 13.0. The summed E-state index contributed by atoms with van der Waals surface area (Å²) < 4.78 is 29.3. The zero-order valence-electron chi connectivity index (χ0n) is 15.3. The summed E-state index contributed by atoms with van der Waals surface area (Å²) in [6, 6.07) is 0.338. The third-order valence-corrected chi connectivity index (χ3v) is 7.30. The Labute approximate surface area is 149 Å². The Bertz CT molecular complexity index is 744. The lowest BCUT2D eigenvalue weighted by Gasteiger charge is -2.29. The predicted octanol–water partition coefficient (Wildman–Crippen LogP) is 1.59. The van der Waals surface area contributed by atoms with Crippen LogP contribution in [0.3, 0.4) is 0 Å². The second-order valence-electron chi connectivity index (χ2n) is 7.40. The molecule has 1 N–H and O–H groups in total. The normalized spacial score (nSPS) is 20.0. The molecule has 1 amide bonds. The van der Waals surface area contributed by atoms with Crippen LogP contribution >= 0.6 is 0 Å². The van der Waals surface area contributed by atoms with Crippen molar-refractivity contribution in [3.63, 3.8) is 0 Å². The van der Waals surface area contributed by atoms with Gasteiger partial charge in [0.25, 0.3) is 0 Å². The van der Waals surface area contributed by atoms with Crippen LogP contribution in [0, 0.1) is 19.8 Å². The number of aromatic nitrogens is 2. The lowest BCUT2D eigenvalue weighted by molar-refractivity contribution is -0.121. The molecule has 2 heterocycles. The number of hydrogen-bond donors (Lipinski definition) is 1. The third kappa shape index (κ3) is 4.06. The fourth-order valence-corrected chi connectivity index (χ4v) is 5.20. The number of hydrogen-bond acceptors (Lipinski definition) is 4. The van der Waals surface area contributed by atoms with E-state index < -0.39 is 10.0 Å². The number of carbonyl (C=O) groups is 1. The van der Waals surface area contributed by atoms with Crippen molar-refractivity contribution in [1.82, 2.24) is 19.4 Å². The molecule has 0 atom stereocenters. The minimum atomic E-state index is -3.52. The van der Waals surface area contributed by atoms with Crippen molar-refractivity contribution < 1.29 is 13.2 Å². The van der Waals surface area contributed by atoms with E-state index in [1.165, 1.54) is 0 Å². The van der Waals surface area contributed by atoms with Gasteiger partial charge < -0.3 is 5.32 Å². The topological polar surface area (TPSA) is 84.3 Å². The summed E-state index contributed by atoms with van der Waals surface area (Å²) in [5.41, 5.74) is 1.13. The summed E-state index contributed by atoms with van der Waals surface area (Å²) in [4.78, 5) is 12.2. The van der Waals surface area contributed by atoms with Gasteiger partial charge in [-0.15, -0.1) is 0 Å². The first kappa shape index (κ1) is 18.4. The zero-order valence-corrected chi connectivity index (χ0v) is 16.1. The summed E-state index contributed by atoms with van der Waals surface area (Å²) in [7, 11) is -3.52. The summed E-state index contributed by atoms with van der Waals surface area (Å²) in [5.74, 6) is 0.575. The van der Waals surface area contributed by atoms with Crippen molar-refractivity contribution >= 4 is 15.9 Å². The van der Waals surface area contributed by atoms with Gasteiger partial charge in [0.1, 0.15) is 4.90 Å². The van der Waals surface area contributed by atoms with Gasteiger partial charge in [0.15, 0.2) is 0 Å². The maximum Gasteiger partial charge on any atom is 0.246 e. The highest BCUT2D eigenvalue weighted by Crippen LogP contribution is 2.27. The van der Waals surface area contributed by atoms with Gasteiger partial charge in [0.05, 0.1) is 17.9 Å². The van der Waals surface area contributed by atoms with Gasteiger partial charge in [-0.3, -0.25) is 9.48 Å². The van der Waals surface area contributed by atoms with Gasteiger partial charge in [0, 0.05) is 25.6 Å². The summed E-state index contributed by atoms with van der Waals surface area (Å²) in [6.45, 7) is 7.20. The molecule has 0 spiro atoms. The Kier molecular flexibility index (Phi) is 5.20.